The Morgan fingerprint density at radius 1 is 1.42 bits per heavy atom. The molecule has 2 unspecified atom stereocenters. The zero-order valence-corrected chi connectivity index (χ0v) is 12.6. The number of benzene rings is 1. The molecule has 1 saturated carbocycles. The molecule has 19 heavy (non-hydrogen) atoms. The summed E-state index contributed by atoms with van der Waals surface area (Å²) in [6.07, 6.45) is 2.13. The molecular weight excluding hydrogens is 311 g/mol. The third kappa shape index (κ3) is 4.01. The topological polar surface area (TPSA) is 41.1 Å². The van der Waals surface area contributed by atoms with E-state index < -0.39 is 0 Å². The van der Waals surface area contributed by atoms with Crippen LogP contribution < -0.4 is 10.6 Å². The van der Waals surface area contributed by atoms with E-state index in [0.29, 0.717) is 11.6 Å². The molecule has 1 aliphatic rings. The summed E-state index contributed by atoms with van der Waals surface area (Å²) in [6.45, 7) is 3.65. The molecule has 1 fully saturated rings. The van der Waals surface area contributed by atoms with E-state index in [1.54, 1.807) is 19.1 Å². The summed E-state index contributed by atoms with van der Waals surface area (Å²) in [5.41, 5.74) is 0.556. The van der Waals surface area contributed by atoms with E-state index in [4.69, 9.17) is 0 Å². The summed E-state index contributed by atoms with van der Waals surface area (Å²) in [6, 6.07) is 4.60. The molecule has 0 bridgehead atoms. The SMILES string of the molecule is CC(NC(C)c1cc(Br)ccc1F)C(=O)NC1CC1. The van der Waals surface area contributed by atoms with Crippen molar-refractivity contribution >= 4 is 21.8 Å². The van der Waals surface area contributed by atoms with Gasteiger partial charge in [-0.3, -0.25) is 10.1 Å². The van der Waals surface area contributed by atoms with Gasteiger partial charge in [0, 0.05) is 22.1 Å². The van der Waals surface area contributed by atoms with Gasteiger partial charge in [-0.15, -0.1) is 0 Å². The predicted molar refractivity (Wildman–Crippen MR) is 76.3 cm³/mol. The minimum Gasteiger partial charge on any atom is -0.352 e. The van der Waals surface area contributed by atoms with Crippen LogP contribution in [0, 0.1) is 5.82 Å². The number of carbonyl (C=O) groups excluding carboxylic acids is 1. The molecule has 0 spiro atoms. The quantitative estimate of drug-likeness (QED) is 0.872. The van der Waals surface area contributed by atoms with Crippen molar-refractivity contribution in [1.29, 1.82) is 0 Å². The Hall–Kier alpha value is -0.940. The lowest BCUT2D eigenvalue weighted by Crippen LogP contribution is -2.44. The summed E-state index contributed by atoms with van der Waals surface area (Å²) in [7, 11) is 0. The van der Waals surface area contributed by atoms with Crippen LogP contribution in [-0.2, 0) is 4.79 Å². The van der Waals surface area contributed by atoms with Crippen molar-refractivity contribution in [3.05, 3.63) is 34.1 Å². The third-order valence-corrected chi connectivity index (χ3v) is 3.73. The lowest BCUT2D eigenvalue weighted by atomic mass is 10.1. The molecule has 0 aliphatic heterocycles. The van der Waals surface area contributed by atoms with Crippen molar-refractivity contribution in [3.8, 4) is 0 Å². The molecule has 2 atom stereocenters. The van der Waals surface area contributed by atoms with Crippen molar-refractivity contribution in [3.63, 3.8) is 0 Å². The monoisotopic (exact) mass is 328 g/mol. The fourth-order valence-corrected chi connectivity index (χ4v) is 2.32. The van der Waals surface area contributed by atoms with Gasteiger partial charge in [0.2, 0.25) is 5.91 Å². The van der Waals surface area contributed by atoms with E-state index in [1.165, 1.54) is 6.07 Å². The molecule has 0 heterocycles. The number of hydrogen-bond acceptors (Lipinski definition) is 2. The first kappa shape index (κ1) is 14.5. The normalized spacial score (nSPS) is 17.9. The van der Waals surface area contributed by atoms with E-state index in [-0.39, 0.29) is 23.8 Å². The van der Waals surface area contributed by atoms with Crippen LogP contribution in [0.2, 0.25) is 0 Å². The Labute approximate surface area is 121 Å². The maximum Gasteiger partial charge on any atom is 0.237 e. The Kier molecular flexibility index (Phi) is 4.58. The summed E-state index contributed by atoms with van der Waals surface area (Å²) >= 11 is 3.33. The van der Waals surface area contributed by atoms with Gasteiger partial charge in [0.25, 0.3) is 0 Å². The molecule has 3 nitrogen and oxygen atoms in total. The van der Waals surface area contributed by atoms with Crippen LogP contribution in [0.15, 0.2) is 22.7 Å². The van der Waals surface area contributed by atoms with Gasteiger partial charge < -0.3 is 5.32 Å². The smallest absolute Gasteiger partial charge is 0.237 e. The van der Waals surface area contributed by atoms with Crippen LogP contribution in [0.5, 0.6) is 0 Å². The van der Waals surface area contributed by atoms with Crippen molar-refractivity contribution < 1.29 is 9.18 Å². The lowest BCUT2D eigenvalue weighted by Gasteiger charge is -2.20. The zero-order valence-electron chi connectivity index (χ0n) is 11.0. The van der Waals surface area contributed by atoms with Crippen LogP contribution in [0.25, 0.3) is 0 Å². The Bertz CT molecular complexity index is 477. The van der Waals surface area contributed by atoms with Gasteiger partial charge in [0.05, 0.1) is 6.04 Å². The van der Waals surface area contributed by atoms with E-state index in [0.717, 1.165) is 17.3 Å². The van der Waals surface area contributed by atoms with Gasteiger partial charge in [-0.1, -0.05) is 15.9 Å². The predicted octanol–water partition coefficient (Wildman–Crippen LogP) is 2.91. The maximum atomic E-state index is 13.7. The summed E-state index contributed by atoms with van der Waals surface area (Å²) in [5.74, 6) is -0.289. The van der Waals surface area contributed by atoms with Gasteiger partial charge in [0.1, 0.15) is 5.82 Å². The Morgan fingerprint density at radius 2 is 2.11 bits per heavy atom. The van der Waals surface area contributed by atoms with Crippen LogP contribution in [-0.4, -0.2) is 18.0 Å². The molecule has 1 aromatic rings. The molecule has 5 heteroatoms. The first-order valence-electron chi connectivity index (χ1n) is 6.48. The first-order chi connectivity index (χ1) is 8.97. The molecule has 104 valence electrons. The summed E-state index contributed by atoms with van der Waals surface area (Å²) in [4.78, 5) is 11.8. The van der Waals surface area contributed by atoms with Gasteiger partial charge in [-0.2, -0.15) is 0 Å². The molecule has 1 aliphatic carbocycles. The second-order valence-electron chi connectivity index (χ2n) is 5.06. The lowest BCUT2D eigenvalue weighted by molar-refractivity contribution is -0.123. The van der Waals surface area contributed by atoms with Gasteiger partial charge in [-0.25, -0.2) is 4.39 Å². The minimum absolute atomic E-state index is 0.0234. The molecule has 0 aromatic heterocycles. The van der Waals surface area contributed by atoms with E-state index in [2.05, 4.69) is 26.6 Å². The highest BCUT2D eigenvalue weighted by Gasteiger charge is 2.26. The molecule has 1 aromatic carbocycles. The van der Waals surface area contributed by atoms with E-state index >= 15 is 0 Å². The largest absolute Gasteiger partial charge is 0.352 e. The van der Waals surface area contributed by atoms with Crippen molar-refractivity contribution in [2.24, 2.45) is 0 Å². The average molecular weight is 329 g/mol. The number of hydrogen-bond donors (Lipinski definition) is 2. The Morgan fingerprint density at radius 3 is 2.74 bits per heavy atom. The highest BCUT2D eigenvalue weighted by atomic mass is 79.9. The zero-order chi connectivity index (χ0) is 14.0. The average Bonchev–Trinajstić information content (AvgIpc) is 3.15. The highest BCUT2D eigenvalue weighted by molar-refractivity contribution is 9.10. The van der Waals surface area contributed by atoms with Crippen LogP contribution in [0.1, 0.15) is 38.3 Å². The number of carbonyl (C=O) groups is 1. The van der Waals surface area contributed by atoms with Crippen molar-refractivity contribution in [2.45, 2.75) is 44.8 Å². The Balaban J connectivity index is 1.97. The van der Waals surface area contributed by atoms with Crippen LogP contribution in [0.4, 0.5) is 4.39 Å². The second-order valence-corrected chi connectivity index (χ2v) is 5.97. The molecule has 0 radical (unpaired) electrons. The maximum absolute atomic E-state index is 13.7. The second kappa shape index (κ2) is 6.01. The highest BCUT2D eigenvalue weighted by Crippen LogP contribution is 2.22. The fraction of sp³-hybridized carbons (Fsp3) is 0.500. The molecule has 2 N–H and O–H groups in total. The van der Waals surface area contributed by atoms with Crippen molar-refractivity contribution in [1.82, 2.24) is 10.6 Å². The number of halogens is 2. The third-order valence-electron chi connectivity index (χ3n) is 3.24. The van der Waals surface area contributed by atoms with Crippen LogP contribution in [0.3, 0.4) is 0 Å². The van der Waals surface area contributed by atoms with Gasteiger partial charge >= 0.3 is 0 Å². The van der Waals surface area contributed by atoms with Gasteiger partial charge in [0.15, 0.2) is 0 Å². The van der Waals surface area contributed by atoms with E-state index in [9.17, 15) is 9.18 Å². The van der Waals surface area contributed by atoms with E-state index in [1.807, 2.05) is 6.92 Å². The number of amides is 1. The summed E-state index contributed by atoms with van der Waals surface area (Å²) < 4.78 is 14.6. The number of nitrogens with one attached hydrogen (secondary N) is 2. The fourth-order valence-electron chi connectivity index (χ4n) is 1.94. The number of rotatable bonds is 5. The summed E-state index contributed by atoms with van der Waals surface area (Å²) in [5, 5.41) is 6.06. The molecule has 2 rings (SSSR count). The van der Waals surface area contributed by atoms with Crippen LogP contribution >= 0.6 is 15.9 Å². The molecule has 1 amide bonds. The molecule has 0 saturated heterocycles. The van der Waals surface area contributed by atoms with Gasteiger partial charge in [-0.05, 0) is 44.9 Å². The molecular formula is C14H18BrFN2O. The minimum atomic E-state index is -0.339. The van der Waals surface area contributed by atoms with Crippen molar-refractivity contribution in [2.75, 3.05) is 0 Å². The standard InChI is InChI=1S/C14H18BrFN2O/c1-8(12-7-10(15)3-6-13(12)16)17-9(2)14(19)18-11-4-5-11/h3,6-9,11,17H,4-5H2,1-2H3,(H,18,19). The first-order valence-corrected chi connectivity index (χ1v) is 7.28.